The molecular weight excluding hydrogens is 907 g/mol. The van der Waals surface area contributed by atoms with Crippen LogP contribution in [-0.4, -0.2) is 140 Å². The molecule has 9 N–H and O–H groups in total. The van der Waals surface area contributed by atoms with Crippen molar-refractivity contribution < 1.29 is 64.6 Å². The first-order valence-corrected chi connectivity index (χ1v) is 28.0. The van der Waals surface area contributed by atoms with E-state index in [0.717, 1.165) is 51.4 Å². The Labute approximate surface area is 428 Å². The van der Waals surface area contributed by atoms with Crippen molar-refractivity contribution in [2.75, 3.05) is 19.8 Å². The van der Waals surface area contributed by atoms with Gasteiger partial charge < -0.3 is 65.1 Å². The van der Waals surface area contributed by atoms with Crippen molar-refractivity contribution in [2.45, 2.75) is 274 Å². The molecular formula is C57H101NO13. The Bertz CT molecular complexity index is 1420. The van der Waals surface area contributed by atoms with Crippen LogP contribution in [0, 0.1) is 0 Å². The highest BCUT2D eigenvalue weighted by atomic mass is 16.7. The highest BCUT2D eigenvalue weighted by molar-refractivity contribution is 5.76. The van der Waals surface area contributed by atoms with Gasteiger partial charge in [-0.05, 0) is 70.6 Å². The van der Waals surface area contributed by atoms with E-state index in [0.29, 0.717) is 12.8 Å². The Morgan fingerprint density at radius 2 is 0.944 bits per heavy atom. The topological polar surface area (TPSA) is 228 Å². The van der Waals surface area contributed by atoms with Crippen molar-refractivity contribution in [3.63, 3.8) is 0 Å². The summed E-state index contributed by atoms with van der Waals surface area (Å²) in [5, 5.41) is 86.8. The molecule has 2 heterocycles. The molecule has 0 aromatic heterocycles. The quantitative estimate of drug-likeness (QED) is 0.0206. The maximum Gasteiger partial charge on any atom is 0.220 e. The monoisotopic (exact) mass is 1010 g/mol. The molecule has 0 aliphatic carbocycles. The standard InChI is InChI=1S/C57H101NO13/c1-3-5-7-9-11-13-15-17-18-19-20-21-22-23-24-25-26-27-28-29-31-33-35-37-39-41-49(62)58-45(46(61)40-38-36-34-32-30-16-14-12-10-8-6-4-2)44-68-56-54(67)52(65)55(48(43-60)70-56)71-57-53(66)51(64)50(63)47(42-59)69-57/h15,17,19-20,22-23,30,32,38,40,45-48,50-57,59-61,63-67H,3-14,16,18,21,24-29,31,33-37,39,41-44H2,1-2H3,(H,58,62)/b17-15-,20-19-,23-22-,32-30+,40-38+. The van der Waals surface area contributed by atoms with Crippen molar-refractivity contribution in [2.24, 2.45) is 0 Å². The molecule has 2 saturated heterocycles. The van der Waals surface area contributed by atoms with Crippen LogP contribution < -0.4 is 5.32 Å². The summed E-state index contributed by atoms with van der Waals surface area (Å²) in [6.07, 6.45) is 36.9. The third-order valence-electron chi connectivity index (χ3n) is 13.4. The summed E-state index contributed by atoms with van der Waals surface area (Å²) in [7, 11) is 0. The number of nitrogens with one attached hydrogen (secondary N) is 1. The molecule has 1 amide bonds. The first-order valence-electron chi connectivity index (χ1n) is 28.0. The van der Waals surface area contributed by atoms with Crippen LogP contribution in [0.3, 0.4) is 0 Å². The van der Waals surface area contributed by atoms with Gasteiger partial charge in [-0.3, -0.25) is 4.79 Å². The zero-order valence-corrected chi connectivity index (χ0v) is 43.9. The van der Waals surface area contributed by atoms with Crippen molar-refractivity contribution in [1.29, 1.82) is 0 Å². The maximum absolute atomic E-state index is 13.2. The Balaban J connectivity index is 1.76. The van der Waals surface area contributed by atoms with Crippen molar-refractivity contribution >= 4 is 5.91 Å². The molecule has 71 heavy (non-hydrogen) atoms. The Morgan fingerprint density at radius 1 is 0.507 bits per heavy atom. The van der Waals surface area contributed by atoms with Crippen molar-refractivity contribution in [3.8, 4) is 0 Å². The fourth-order valence-electron chi connectivity index (χ4n) is 8.84. The van der Waals surface area contributed by atoms with E-state index in [1.54, 1.807) is 6.08 Å². The lowest BCUT2D eigenvalue weighted by molar-refractivity contribution is -0.359. The van der Waals surface area contributed by atoms with Crippen LogP contribution in [0.5, 0.6) is 0 Å². The molecule has 2 aliphatic rings. The number of hydrogen-bond acceptors (Lipinski definition) is 13. The highest BCUT2D eigenvalue weighted by Crippen LogP contribution is 2.30. The number of hydrogen-bond donors (Lipinski definition) is 9. The summed E-state index contributed by atoms with van der Waals surface area (Å²) in [6.45, 7) is 2.73. The molecule has 2 aliphatic heterocycles. The van der Waals surface area contributed by atoms with Gasteiger partial charge in [0.25, 0.3) is 0 Å². The number of carbonyl (C=O) groups excluding carboxylic acids is 1. The average molecular weight is 1010 g/mol. The van der Waals surface area contributed by atoms with Gasteiger partial charge in [0.1, 0.15) is 48.8 Å². The van der Waals surface area contributed by atoms with Crippen molar-refractivity contribution in [1.82, 2.24) is 5.32 Å². The third kappa shape index (κ3) is 29.4. The van der Waals surface area contributed by atoms with E-state index in [1.807, 2.05) is 6.08 Å². The number of amides is 1. The van der Waals surface area contributed by atoms with E-state index in [1.165, 1.54) is 116 Å². The smallest absolute Gasteiger partial charge is 0.220 e. The van der Waals surface area contributed by atoms with Crippen LogP contribution in [0.25, 0.3) is 0 Å². The van der Waals surface area contributed by atoms with Crippen LogP contribution in [0.15, 0.2) is 60.8 Å². The molecule has 2 fully saturated rings. The molecule has 12 unspecified atom stereocenters. The SMILES string of the molecule is CCCCCCC/C=C\C/C=C\C/C=C\CCCCCCCCCCCCC(=O)NC(COC1OC(CO)C(OC2OC(CO)C(O)C(O)C2O)C(O)C1O)C(O)/C=C/CC/C=C/CCCCCCCC. The van der Waals surface area contributed by atoms with Gasteiger partial charge in [0.05, 0.1) is 32.0 Å². The molecule has 0 aromatic rings. The van der Waals surface area contributed by atoms with E-state index >= 15 is 0 Å². The number of rotatable bonds is 43. The number of aliphatic hydroxyl groups is 8. The second-order valence-electron chi connectivity index (χ2n) is 19.7. The van der Waals surface area contributed by atoms with Gasteiger partial charge in [0, 0.05) is 6.42 Å². The van der Waals surface area contributed by atoms with Crippen molar-refractivity contribution in [3.05, 3.63) is 60.8 Å². The maximum atomic E-state index is 13.2. The minimum atomic E-state index is -1.79. The van der Waals surface area contributed by atoms with Crippen LogP contribution in [0.2, 0.25) is 0 Å². The molecule has 0 saturated carbocycles. The lowest BCUT2D eigenvalue weighted by atomic mass is 9.97. The largest absolute Gasteiger partial charge is 0.394 e. The third-order valence-corrected chi connectivity index (χ3v) is 13.4. The summed E-state index contributed by atoms with van der Waals surface area (Å²) >= 11 is 0. The van der Waals surface area contributed by atoms with Crippen LogP contribution in [-0.2, 0) is 23.7 Å². The number of allylic oxidation sites excluding steroid dienone is 9. The zero-order chi connectivity index (χ0) is 51.7. The van der Waals surface area contributed by atoms with E-state index in [9.17, 15) is 45.6 Å². The molecule has 0 radical (unpaired) electrons. The van der Waals surface area contributed by atoms with Gasteiger partial charge in [-0.25, -0.2) is 0 Å². The molecule has 412 valence electrons. The Kier molecular flexibility index (Phi) is 39.2. The van der Waals surface area contributed by atoms with Crippen LogP contribution in [0.4, 0.5) is 0 Å². The predicted molar refractivity (Wildman–Crippen MR) is 281 cm³/mol. The number of ether oxygens (including phenoxy) is 4. The van der Waals surface area contributed by atoms with Crippen LogP contribution >= 0.6 is 0 Å². The number of carbonyl (C=O) groups is 1. The lowest BCUT2D eigenvalue weighted by Gasteiger charge is -2.46. The average Bonchev–Trinajstić information content (AvgIpc) is 3.37. The van der Waals surface area contributed by atoms with Gasteiger partial charge in [0.15, 0.2) is 12.6 Å². The molecule has 0 aromatic carbocycles. The minimum absolute atomic E-state index is 0.257. The summed E-state index contributed by atoms with van der Waals surface area (Å²) in [6, 6.07) is -0.934. The highest BCUT2D eigenvalue weighted by Gasteiger charge is 2.51. The number of aliphatic hydroxyl groups excluding tert-OH is 8. The Hall–Kier alpha value is -2.31. The summed E-state index contributed by atoms with van der Waals surface area (Å²) in [5.74, 6) is -0.257. The lowest BCUT2D eigenvalue weighted by Crippen LogP contribution is -2.65. The Morgan fingerprint density at radius 3 is 1.48 bits per heavy atom. The molecule has 12 atom stereocenters. The van der Waals surface area contributed by atoms with E-state index in [4.69, 9.17) is 18.9 Å². The van der Waals surface area contributed by atoms with E-state index in [-0.39, 0.29) is 18.9 Å². The summed E-state index contributed by atoms with van der Waals surface area (Å²) in [4.78, 5) is 13.2. The van der Waals surface area contributed by atoms with Crippen LogP contribution in [0.1, 0.15) is 200 Å². The van der Waals surface area contributed by atoms with Gasteiger partial charge in [0.2, 0.25) is 5.91 Å². The molecule has 0 bridgehead atoms. The second kappa shape index (κ2) is 43.0. The molecule has 14 heteroatoms. The normalized spacial score (nSPS) is 26.2. The molecule has 0 spiro atoms. The summed E-state index contributed by atoms with van der Waals surface area (Å²) in [5.41, 5.74) is 0. The van der Waals surface area contributed by atoms with Gasteiger partial charge in [-0.2, -0.15) is 0 Å². The molecule has 2 rings (SSSR count). The zero-order valence-electron chi connectivity index (χ0n) is 43.9. The number of unbranched alkanes of at least 4 members (excludes halogenated alkanes) is 22. The first kappa shape index (κ1) is 64.8. The molecule has 14 nitrogen and oxygen atoms in total. The van der Waals surface area contributed by atoms with E-state index in [2.05, 4.69) is 67.8 Å². The van der Waals surface area contributed by atoms with Gasteiger partial charge >= 0.3 is 0 Å². The second-order valence-corrected chi connectivity index (χ2v) is 19.7. The first-order chi connectivity index (χ1) is 34.6. The summed E-state index contributed by atoms with van der Waals surface area (Å²) < 4.78 is 22.7. The fourth-order valence-corrected chi connectivity index (χ4v) is 8.84. The predicted octanol–water partition coefficient (Wildman–Crippen LogP) is 8.61. The van der Waals surface area contributed by atoms with Gasteiger partial charge in [-0.15, -0.1) is 0 Å². The van der Waals surface area contributed by atoms with E-state index < -0.39 is 86.8 Å². The minimum Gasteiger partial charge on any atom is -0.394 e. The van der Waals surface area contributed by atoms with Gasteiger partial charge in [-0.1, -0.05) is 184 Å². The fraction of sp³-hybridized carbons (Fsp3) is 0.807.